The standard InChI is InChI=1S/C30H34ClN5O3S/c1-22-4-2-3-5-25(22)34-14-16-36(17-15-34)28(37)24-8-6-23(7-9-24)21-40-29-32-26(31)20-27(33-29)35-12-10-30(11-13-35)38-18-19-39-30/h2-9,20H,10-19,21H2,1H3. The number of thioether (sulfide) groups is 1. The summed E-state index contributed by atoms with van der Waals surface area (Å²) < 4.78 is 11.7. The zero-order chi connectivity index (χ0) is 27.5. The second kappa shape index (κ2) is 11.9. The fourth-order valence-corrected chi connectivity index (χ4v) is 6.65. The van der Waals surface area contributed by atoms with Crippen LogP contribution in [0.2, 0.25) is 5.15 Å². The quantitative estimate of drug-likeness (QED) is 0.229. The largest absolute Gasteiger partial charge is 0.368 e. The number of rotatable bonds is 6. The van der Waals surface area contributed by atoms with Crippen molar-refractivity contribution in [1.29, 1.82) is 0 Å². The number of nitrogens with zero attached hydrogens (tertiary/aromatic N) is 5. The smallest absolute Gasteiger partial charge is 0.253 e. The Bertz CT molecular complexity index is 1330. The number of hydrogen-bond acceptors (Lipinski definition) is 8. The second-order valence-corrected chi connectivity index (χ2v) is 11.8. The highest BCUT2D eigenvalue weighted by atomic mass is 35.5. The van der Waals surface area contributed by atoms with Crippen LogP contribution in [-0.4, -0.2) is 79.0 Å². The normalized spacial score (nSPS) is 18.9. The summed E-state index contributed by atoms with van der Waals surface area (Å²) in [5.41, 5.74) is 4.35. The van der Waals surface area contributed by atoms with Gasteiger partial charge in [0.15, 0.2) is 10.9 Å². The number of ether oxygens (including phenoxy) is 2. The molecule has 0 atom stereocenters. The van der Waals surface area contributed by atoms with Crippen LogP contribution < -0.4 is 9.80 Å². The van der Waals surface area contributed by atoms with E-state index in [0.717, 1.165) is 69.1 Å². The van der Waals surface area contributed by atoms with Gasteiger partial charge in [-0.1, -0.05) is 53.7 Å². The first-order valence-corrected chi connectivity index (χ1v) is 15.2. The lowest BCUT2D eigenvalue weighted by atomic mass is 10.0. The number of carbonyl (C=O) groups excluding carboxylic acids is 1. The van der Waals surface area contributed by atoms with Crippen LogP contribution in [0.1, 0.15) is 34.3 Å². The molecular formula is C30H34ClN5O3S. The molecular weight excluding hydrogens is 546 g/mol. The van der Waals surface area contributed by atoms with Crippen molar-refractivity contribution >= 4 is 40.8 Å². The van der Waals surface area contributed by atoms with Gasteiger partial charge in [0.25, 0.3) is 5.91 Å². The van der Waals surface area contributed by atoms with Gasteiger partial charge in [-0.2, -0.15) is 0 Å². The molecule has 10 heteroatoms. The number of amides is 1. The molecule has 0 unspecified atom stereocenters. The van der Waals surface area contributed by atoms with Crippen LogP contribution >= 0.6 is 23.4 Å². The molecule has 3 aliphatic heterocycles. The van der Waals surface area contributed by atoms with Crippen LogP contribution in [0, 0.1) is 6.92 Å². The topological polar surface area (TPSA) is 71.0 Å². The number of aromatic nitrogens is 2. The van der Waals surface area contributed by atoms with Crippen LogP contribution in [0.4, 0.5) is 11.5 Å². The molecule has 3 fully saturated rings. The number of halogens is 1. The molecule has 0 radical (unpaired) electrons. The van der Waals surface area contributed by atoms with Gasteiger partial charge in [0, 0.05) is 75.2 Å². The van der Waals surface area contributed by atoms with Gasteiger partial charge in [0.05, 0.1) is 13.2 Å². The Morgan fingerprint density at radius 2 is 1.62 bits per heavy atom. The Morgan fingerprint density at radius 1 is 0.925 bits per heavy atom. The molecule has 0 bridgehead atoms. The minimum atomic E-state index is -0.423. The van der Waals surface area contributed by atoms with E-state index in [-0.39, 0.29) is 5.91 Å². The van der Waals surface area contributed by atoms with E-state index in [0.29, 0.717) is 29.3 Å². The summed E-state index contributed by atoms with van der Waals surface area (Å²) in [5.74, 6) is 1.18. The van der Waals surface area contributed by atoms with Crippen molar-refractivity contribution in [3.05, 3.63) is 76.4 Å². The summed E-state index contributed by atoms with van der Waals surface area (Å²) in [5, 5.41) is 1.08. The van der Waals surface area contributed by atoms with Gasteiger partial charge in [0.2, 0.25) is 0 Å². The molecule has 3 saturated heterocycles. The van der Waals surface area contributed by atoms with Gasteiger partial charge in [-0.25, -0.2) is 9.97 Å². The number of para-hydroxylation sites is 1. The molecule has 3 aromatic rings. The van der Waals surface area contributed by atoms with Gasteiger partial charge in [-0.3, -0.25) is 4.79 Å². The van der Waals surface area contributed by atoms with Crippen molar-refractivity contribution in [2.75, 3.05) is 62.3 Å². The van der Waals surface area contributed by atoms with E-state index >= 15 is 0 Å². The molecule has 210 valence electrons. The first kappa shape index (κ1) is 27.3. The minimum absolute atomic E-state index is 0.0863. The van der Waals surface area contributed by atoms with Gasteiger partial charge < -0.3 is 24.2 Å². The highest BCUT2D eigenvalue weighted by molar-refractivity contribution is 7.98. The molecule has 1 amide bonds. The van der Waals surface area contributed by atoms with E-state index in [2.05, 4.69) is 46.0 Å². The summed E-state index contributed by atoms with van der Waals surface area (Å²) in [6, 6.07) is 18.1. The third-order valence-electron chi connectivity index (χ3n) is 7.92. The summed E-state index contributed by atoms with van der Waals surface area (Å²) in [4.78, 5) is 28.9. The van der Waals surface area contributed by atoms with E-state index in [1.807, 2.05) is 35.2 Å². The Balaban J connectivity index is 1.02. The lowest BCUT2D eigenvalue weighted by Gasteiger charge is -2.38. The van der Waals surface area contributed by atoms with Crippen LogP contribution in [0.25, 0.3) is 0 Å². The fraction of sp³-hybridized carbons (Fsp3) is 0.433. The first-order chi connectivity index (χ1) is 19.5. The summed E-state index contributed by atoms with van der Waals surface area (Å²) in [6.45, 7) is 8.19. The summed E-state index contributed by atoms with van der Waals surface area (Å²) >= 11 is 7.91. The summed E-state index contributed by atoms with van der Waals surface area (Å²) in [6.07, 6.45) is 1.62. The Hall–Kier alpha value is -2.85. The molecule has 40 heavy (non-hydrogen) atoms. The molecule has 1 aromatic heterocycles. The van der Waals surface area contributed by atoms with E-state index in [1.165, 1.54) is 11.3 Å². The third kappa shape index (κ3) is 6.07. The van der Waals surface area contributed by atoms with Gasteiger partial charge in [-0.15, -0.1) is 0 Å². The average Bonchev–Trinajstić information content (AvgIpc) is 3.44. The lowest BCUT2D eigenvalue weighted by molar-refractivity contribution is -0.169. The Labute approximate surface area is 244 Å². The van der Waals surface area contributed by atoms with Crippen LogP contribution in [0.3, 0.4) is 0 Å². The molecule has 3 aliphatic rings. The molecule has 1 spiro atoms. The monoisotopic (exact) mass is 579 g/mol. The predicted octanol–water partition coefficient (Wildman–Crippen LogP) is 5.04. The van der Waals surface area contributed by atoms with Crippen molar-refractivity contribution in [3.63, 3.8) is 0 Å². The lowest BCUT2D eigenvalue weighted by Crippen LogP contribution is -2.49. The SMILES string of the molecule is Cc1ccccc1N1CCN(C(=O)c2ccc(CSc3nc(Cl)cc(N4CCC5(CC4)OCCO5)n3)cc2)CC1. The van der Waals surface area contributed by atoms with Crippen molar-refractivity contribution in [2.45, 2.75) is 36.5 Å². The van der Waals surface area contributed by atoms with Crippen molar-refractivity contribution < 1.29 is 14.3 Å². The van der Waals surface area contributed by atoms with Crippen LogP contribution in [0.15, 0.2) is 59.8 Å². The van der Waals surface area contributed by atoms with Crippen LogP contribution in [0.5, 0.6) is 0 Å². The van der Waals surface area contributed by atoms with E-state index in [4.69, 9.17) is 26.1 Å². The molecule has 0 aliphatic carbocycles. The maximum Gasteiger partial charge on any atom is 0.253 e. The molecule has 6 rings (SSSR count). The average molecular weight is 580 g/mol. The van der Waals surface area contributed by atoms with Gasteiger partial charge in [-0.05, 0) is 36.2 Å². The Kier molecular flexibility index (Phi) is 8.16. The number of aryl methyl sites for hydroxylation is 1. The zero-order valence-electron chi connectivity index (χ0n) is 22.7. The summed E-state index contributed by atoms with van der Waals surface area (Å²) in [7, 11) is 0. The number of benzene rings is 2. The first-order valence-electron chi connectivity index (χ1n) is 13.9. The second-order valence-electron chi connectivity index (χ2n) is 10.5. The van der Waals surface area contributed by atoms with Crippen molar-refractivity contribution in [3.8, 4) is 0 Å². The van der Waals surface area contributed by atoms with Gasteiger partial charge in [0.1, 0.15) is 11.0 Å². The van der Waals surface area contributed by atoms with E-state index < -0.39 is 5.79 Å². The number of piperazine rings is 1. The molecule has 0 N–H and O–H groups in total. The molecule has 0 saturated carbocycles. The highest BCUT2D eigenvalue weighted by Gasteiger charge is 2.40. The molecule has 8 nitrogen and oxygen atoms in total. The maximum atomic E-state index is 13.2. The number of hydrogen-bond donors (Lipinski definition) is 0. The van der Waals surface area contributed by atoms with Crippen LogP contribution in [-0.2, 0) is 15.2 Å². The fourth-order valence-electron chi connectivity index (χ4n) is 5.62. The zero-order valence-corrected chi connectivity index (χ0v) is 24.3. The number of anilines is 2. The van der Waals surface area contributed by atoms with Crippen molar-refractivity contribution in [1.82, 2.24) is 14.9 Å². The van der Waals surface area contributed by atoms with E-state index in [1.54, 1.807) is 11.8 Å². The highest BCUT2D eigenvalue weighted by Crippen LogP contribution is 2.34. The van der Waals surface area contributed by atoms with Crippen molar-refractivity contribution in [2.24, 2.45) is 0 Å². The molecule has 2 aromatic carbocycles. The maximum absolute atomic E-state index is 13.2. The third-order valence-corrected chi connectivity index (χ3v) is 9.03. The Morgan fingerprint density at radius 3 is 2.33 bits per heavy atom. The predicted molar refractivity (Wildman–Crippen MR) is 158 cm³/mol. The van der Waals surface area contributed by atoms with Gasteiger partial charge >= 0.3 is 0 Å². The van der Waals surface area contributed by atoms with E-state index in [9.17, 15) is 4.79 Å². The number of piperidine rings is 1. The molecule has 4 heterocycles. The minimum Gasteiger partial charge on any atom is -0.368 e. The number of carbonyl (C=O) groups is 1.